The molecule has 0 atom stereocenters. The lowest BCUT2D eigenvalue weighted by Crippen LogP contribution is -2.54. The summed E-state index contributed by atoms with van der Waals surface area (Å²) >= 11 is 0. The van der Waals surface area contributed by atoms with E-state index in [9.17, 15) is 28.8 Å². The van der Waals surface area contributed by atoms with Crippen LogP contribution in [0.15, 0.2) is 14.4 Å². The molecule has 0 aromatic carbocycles. The van der Waals surface area contributed by atoms with Crippen molar-refractivity contribution in [1.82, 2.24) is 35.0 Å². The summed E-state index contributed by atoms with van der Waals surface area (Å²) in [6.45, 7) is 5.40. The first kappa shape index (κ1) is 34.6. The second-order valence-corrected chi connectivity index (χ2v) is 10.0. The minimum Gasteiger partial charge on any atom is -0.356 e. The number of carbonyl (C=O) groups excluding carboxylic acids is 3. The number of rotatable bonds is 21. The summed E-state index contributed by atoms with van der Waals surface area (Å²) in [5, 5.41) is 10.7. The van der Waals surface area contributed by atoms with Crippen LogP contribution < -0.4 is 38.3 Å². The van der Waals surface area contributed by atoms with E-state index in [-0.39, 0.29) is 37.5 Å². The number of hydrogen-bond donors (Lipinski definition) is 4. The summed E-state index contributed by atoms with van der Waals surface area (Å²) in [6, 6.07) is -0.227. The van der Waals surface area contributed by atoms with Crippen LogP contribution in [0, 0.1) is 0 Å². The molecule has 0 radical (unpaired) electrons. The van der Waals surface area contributed by atoms with Crippen LogP contribution in [0.25, 0.3) is 0 Å². The van der Waals surface area contributed by atoms with Gasteiger partial charge in [0.1, 0.15) is 0 Å². The van der Waals surface area contributed by atoms with Crippen molar-refractivity contribution in [3.63, 3.8) is 0 Å². The van der Waals surface area contributed by atoms with Crippen molar-refractivity contribution in [3.05, 3.63) is 31.5 Å². The Hall–Kier alpha value is -3.38. The second kappa shape index (κ2) is 20.5. The van der Waals surface area contributed by atoms with E-state index < -0.39 is 17.1 Å². The smallest absolute Gasteiger partial charge is 0.336 e. The van der Waals surface area contributed by atoms with Gasteiger partial charge in [0.15, 0.2) is 0 Å². The number of aromatic nitrogens is 3. The zero-order chi connectivity index (χ0) is 29.8. The number of nitrogens with one attached hydrogen (secondary N) is 4. The van der Waals surface area contributed by atoms with Crippen LogP contribution in [-0.4, -0.2) is 58.2 Å². The van der Waals surface area contributed by atoms with Crippen molar-refractivity contribution in [3.8, 4) is 0 Å². The average molecular weight is 568 g/mol. The molecule has 4 N–H and O–H groups in total. The van der Waals surface area contributed by atoms with Crippen LogP contribution in [-0.2, 0) is 29.2 Å². The van der Waals surface area contributed by atoms with Crippen molar-refractivity contribution in [2.24, 2.45) is 0 Å². The Balaban J connectivity index is 2.80. The van der Waals surface area contributed by atoms with Crippen LogP contribution in [0.4, 0.5) is 4.79 Å². The average Bonchev–Trinajstić information content (AvgIpc) is 2.91. The van der Waals surface area contributed by atoms with E-state index in [4.69, 9.17) is 0 Å². The van der Waals surface area contributed by atoms with E-state index in [0.717, 1.165) is 57.8 Å². The topological polar surface area (TPSA) is 165 Å². The molecule has 1 rings (SSSR count). The molecule has 13 nitrogen and oxygen atoms in total. The third-order valence-corrected chi connectivity index (χ3v) is 6.57. The van der Waals surface area contributed by atoms with Gasteiger partial charge in [0.25, 0.3) is 0 Å². The first-order chi connectivity index (χ1) is 19.2. The molecule has 0 aliphatic carbocycles. The Morgan fingerprint density at radius 1 is 0.500 bits per heavy atom. The molecule has 0 saturated heterocycles. The van der Waals surface area contributed by atoms with E-state index in [1.54, 1.807) is 7.05 Å². The van der Waals surface area contributed by atoms with E-state index in [0.29, 0.717) is 38.9 Å². The molecule has 0 aliphatic rings. The van der Waals surface area contributed by atoms with Crippen LogP contribution in [0.2, 0.25) is 0 Å². The second-order valence-electron chi connectivity index (χ2n) is 10.0. The highest BCUT2D eigenvalue weighted by Gasteiger charge is 2.15. The number of nitrogens with zero attached hydrogens (tertiary/aromatic N) is 3. The van der Waals surface area contributed by atoms with Gasteiger partial charge < -0.3 is 21.3 Å². The number of unbranched alkanes of at least 4 members (excludes halogenated alkanes) is 9. The lowest BCUT2D eigenvalue weighted by Gasteiger charge is -2.14. The van der Waals surface area contributed by atoms with Crippen molar-refractivity contribution in [2.75, 3.05) is 26.7 Å². The van der Waals surface area contributed by atoms with E-state index >= 15 is 0 Å². The summed E-state index contributed by atoms with van der Waals surface area (Å²) in [5.41, 5.74) is -1.70. The Labute approximate surface area is 236 Å². The van der Waals surface area contributed by atoms with Gasteiger partial charge in [-0.15, -0.1) is 0 Å². The lowest BCUT2D eigenvalue weighted by molar-refractivity contribution is -0.119. The lowest BCUT2D eigenvalue weighted by atomic mass is 10.2. The number of carbonyl (C=O) groups is 3. The molecule has 0 aliphatic heterocycles. The summed E-state index contributed by atoms with van der Waals surface area (Å²) < 4.78 is 3.54. The minimum absolute atomic E-state index is 0.0670. The molecule has 13 heteroatoms. The molecule has 228 valence electrons. The highest BCUT2D eigenvalue weighted by Crippen LogP contribution is 2.03. The summed E-state index contributed by atoms with van der Waals surface area (Å²) in [7, 11) is 1.56. The maximum Gasteiger partial charge on any atom is 0.336 e. The van der Waals surface area contributed by atoms with Crippen molar-refractivity contribution < 1.29 is 14.4 Å². The van der Waals surface area contributed by atoms with Crippen molar-refractivity contribution in [1.29, 1.82) is 0 Å². The molecular formula is C27H49N7O6. The first-order valence-electron chi connectivity index (χ1n) is 14.6. The van der Waals surface area contributed by atoms with E-state index in [1.807, 2.05) is 0 Å². The Morgan fingerprint density at radius 3 is 1.10 bits per heavy atom. The number of hydrogen-bond acceptors (Lipinski definition) is 6. The van der Waals surface area contributed by atoms with Gasteiger partial charge in [-0.05, 0) is 38.5 Å². The molecule has 4 amide bonds. The predicted octanol–water partition coefficient (Wildman–Crippen LogP) is 1.05. The maximum absolute atomic E-state index is 13.2. The Bertz CT molecular complexity index is 1030. The molecule has 0 fully saturated rings. The third kappa shape index (κ3) is 14.1. The normalized spacial score (nSPS) is 10.8. The van der Waals surface area contributed by atoms with Crippen LogP contribution in [0.5, 0.6) is 0 Å². The van der Waals surface area contributed by atoms with Gasteiger partial charge in [-0.3, -0.25) is 9.59 Å². The fourth-order valence-electron chi connectivity index (χ4n) is 4.32. The SMILES string of the molecule is CNC(=O)NCCCCCCn1c(=O)n(CCCCCCNC(C)=O)c(=O)n(CCCCCCNC(C)=O)c1=O. The number of amides is 4. The molecule has 1 heterocycles. The van der Waals surface area contributed by atoms with Gasteiger partial charge in [-0.2, -0.15) is 0 Å². The van der Waals surface area contributed by atoms with E-state index in [1.165, 1.54) is 27.5 Å². The third-order valence-electron chi connectivity index (χ3n) is 6.57. The first-order valence-corrected chi connectivity index (χ1v) is 14.6. The largest absolute Gasteiger partial charge is 0.356 e. The summed E-state index contributed by atoms with van der Waals surface area (Å²) in [4.78, 5) is 72.7. The highest BCUT2D eigenvalue weighted by atomic mass is 16.2. The molecular weight excluding hydrogens is 518 g/mol. The fraction of sp³-hybridized carbons (Fsp3) is 0.778. The van der Waals surface area contributed by atoms with Crippen molar-refractivity contribution in [2.45, 2.75) is 111 Å². The quantitative estimate of drug-likeness (QED) is 0.162. The number of urea groups is 1. The Morgan fingerprint density at radius 2 is 0.800 bits per heavy atom. The molecule has 0 saturated carbocycles. The van der Waals surface area contributed by atoms with Crippen LogP contribution >= 0.6 is 0 Å². The molecule has 0 bridgehead atoms. The van der Waals surface area contributed by atoms with Gasteiger partial charge in [-0.1, -0.05) is 38.5 Å². The van der Waals surface area contributed by atoms with Crippen molar-refractivity contribution >= 4 is 17.8 Å². The van der Waals surface area contributed by atoms with Gasteiger partial charge in [0, 0.05) is 60.2 Å². The molecule has 40 heavy (non-hydrogen) atoms. The standard InChI is InChI=1S/C27H49N7O6/c1-22(35)29-16-10-4-7-13-19-32-25(38)33(20-14-8-5-11-17-30-23(2)36)27(40)34(26(32)39)21-15-9-6-12-18-31-24(37)28-3/h4-21H2,1-3H3,(H,29,35)(H,30,36)(H2,28,31,37). The van der Waals surface area contributed by atoms with Gasteiger partial charge in [0.2, 0.25) is 11.8 Å². The van der Waals surface area contributed by atoms with Crippen LogP contribution in [0.1, 0.15) is 90.9 Å². The molecule has 0 spiro atoms. The zero-order valence-corrected chi connectivity index (χ0v) is 24.5. The molecule has 1 aromatic rings. The van der Waals surface area contributed by atoms with Gasteiger partial charge in [-0.25, -0.2) is 32.9 Å². The minimum atomic E-state index is -0.568. The summed E-state index contributed by atoms with van der Waals surface area (Å²) in [6.07, 6.45) is 9.20. The summed E-state index contributed by atoms with van der Waals surface area (Å²) in [5.74, 6) is -0.134. The predicted molar refractivity (Wildman–Crippen MR) is 154 cm³/mol. The molecule has 1 aromatic heterocycles. The van der Waals surface area contributed by atoms with Gasteiger partial charge >= 0.3 is 23.1 Å². The fourth-order valence-corrected chi connectivity index (χ4v) is 4.32. The van der Waals surface area contributed by atoms with Gasteiger partial charge in [0.05, 0.1) is 0 Å². The maximum atomic E-state index is 13.2. The van der Waals surface area contributed by atoms with Crippen LogP contribution in [0.3, 0.4) is 0 Å². The Kier molecular flexibility index (Phi) is 17.8. The highest BCUT2D eigenvalue weighted by molar-refractivity contribution is 5.73. The van der Waals surface area contributed by atoms with E-state index in [2.05, 4.69) is 21.3 Å². The zero-order valence-electron chi connectivity index (χ0n) is 24.5. The monoisotopic (exact) mass is 567 g/mol. The molecule has 0 unspecified atom stereocenters.